The molecule has 2 N–H and O–H groups in total. The van der Waals surface area contributed by atoms with Crippen LogP contribution >= 0.6 is 35.6 Å². The average molecular weight is 226 g/mol. The van der Waals surface area contributed by atoms with Gasteiger partial charge in [-0.1, -0.05) is 23.2 Å². The second kappa shape index (κ2) is 4.55. The van der Waals surface area contributed by atoms with Gasteiger partial charge in [0.2, 0.25) is 5.91 Å². The third-order valence-corrected chi connectivity index (χ3v) is 1.74. The number of hydrogen-bond donors (Lipinski definition) is 1. The summed E-state index contributed by atoms with van der Waals surface area (Å²) in [6.45, 7) is 0. The first-order valence-electron chi connectivity index (χ1n) is 2.86. The molecule has 1 aromatic carbocycles. The van der Waals surface area contributed by atoms with E-state index >= 15 is 0 Å². The lowest BCUT2D eigenvalue weighted by molar-refractivity contribution is 0.100. The largest absolute Gasteiger partial charge is 0.366 e. The number of halogens is 3. The molecule has 0 aliphatic heterocycles. The van der Waals surface area contributed by atoms with Crippen molar-refractivity contribution >= 4 is 41.5 Å². The van der Waals surface area contributed by atoms with Gasteiger partial charge in [-0.25, -0.2) is 0 Å². The van der Waals surface area contributed by atoms with Crippen molar-refractivity contribution in [3.05, 3.63) is 33.8 Å². The number of benzene rings is 1. The summed E-state index contributed by atoms with van der Waals surface area (Å²) in [6.07, 6.45) is 0. The lowest BCUT2D eigenvalue weighted by Crippen LogP contribution is -2.11. The van der Waals surface area contributed by atoms with Crippen molar-refractivity contribution in [2.75, 3.05) is 0 Å². The molecule has 0 unspecified atom stereocenters. The lowest BCUT2D eigenvalue weighted by Gasteiger charge is -1.97. The number of nitrogens with two attached hydrogens (primary N) is 1. The number of carbonyl (C=O) groups is 1. The normalized spacial score (nSPS) is 8.83. The van der Waals surface area contributed by atoms with E-state index in [1.54, 1.807) is 6.07 Å². The van der Waals surface area contributed by atoms with Crippen LogP contribution in [0, 0.1) is 0 Å². The van der Waals surface area contributed by atoms with Crippen molar-refractivity contribution in [2.24, 2.45) is 5.73 Å². The Labute approximate surface area is 86.1 Å². The lowest BCUT2D eigenvalue weighted by atomic mass is 10.2. The van der Waals surface area contributed by atoms with Gasteiger partial charge in [-0.3, -0.25) is 4.79 Å². The number of amides is 1. The summed E-state index contributed by atoms with van der Waals surface area (Å²) in [5.74, 6) is -0.549. The van der Waals surface area contributed by atoms with E-state index in [1.165, 1.54) is 12.1 Å². The Morgan fingerprint density at radius 2 is 1.92 bits per heavy atom. The van der Waals surface area contributed by atoms with E-state index in [4.69, 9.17) is 28.9 Å². The molecule has 1 aromatic rings. The Bertz CT molecular complexity index is 301. The fourth-order valence-electron chi connectivity index (χ4n) is 0.689. The van der Waals surface area contributed by atoms with Crippen LogP contribution in [0.5, 0.6) is 0 Å². The summed E-state index contributed by atoms with van der Waals surface area (Å²) in [5.41, 5.74) is 5.29. The summed E-state index contributed by atoms with van der Waals surface area (Å²) in [4.78, 5) is 10.6. The Hall–Kier alpha value is -0.440. The smallest absolute Gasteiger partial charge is 0.250 e. The van der Waals surface area contributed by atoms with Crippen LogP contribution in [0.1, 0.15) is 10.4 Å². The Morgan fingerprint density at radius 3 is 2.33 bits per heavy atom. The molecular weight excluding hydrogens is 220 g/mol. The third kappa shape index (κ3) is 2.55. The van der Waals surface area contributed by atoms with Crippen LogP contribution in [0.2, 0.25) is 10.0 Å². The third-order valence-electron chi connectivity index (χ3n) is 1.20. The van der Waals surface area contributed by atoms with E-state index in [2.05, 4.69) is 0 Å². The highest BCUT2D eigenvalue weighted by atomic mass is 35.5. The Morgan fingerprint density at radius 1 is 1.33 bits per heavy atom. The molecule has 0 radical (unpaired) electrons. The minimum Gasteiger partial charge on any atom is -0.366 e. The molecule has 1 rings (SSSR count). The summed E-state index contributed by atoms with van der Waals surface area (Å²) >= 11 is 11.2. The zero-order valence-electron chi connectivity index (χ0n) is 5.88. The molecular formula is C7H6Cl3NO. The molecule has 0 spiro atoms. The number of carbonyl (C=O) groups excluding carboxylic acids is 1. The van der Waals surface area contributed by atoms with Gasteiger partial charge < -0.3 is 5.73 Å². The number of rotatable bonds is 1. The molecule has 0 fully saturated rings. The van der Waals surface area contributed by atoms with Crippen LogP contribution in [-0.4, -0.2) is 5.91 Å². The van der Waals surface area contributed by atoms with Crippen LogP contribution in [0.25, 0.3) is 0 Å². The van der Waals surface area contributed by atoms with E-state index in [0.717, 1.165) is 0 Å². The fourth-order valence-corrected chi connectivity index (χ4v) is 1.19. The molecule has 0 heterocycles. The summed E-state index contributed by atoms with van der Waals surface area (Å²) in [6, 6.07) is 4.53. The molecule has 0 aliphatic carbocycles. The zero-order valence-corrected chi connectivity index (χ0v) is 8.21. The van der Waals surface area contributed by atoms with Crippen LogP contribution in [0.3, 0.4) is 0 Å². The predicted octanol–water partition coefficient (Wildman–Crippen LogP) is 2.51. The maximum atomic E-state index is 10.6. The molecule has 1 amide bonds. The van der Waals surface area contributed by atoms with Gasteiger partial charge in [0.25, 0.3) is 0 Å². The first kappa shape index (κ1) is 11.6. The molecule has 0 saturated heterocycles. The van der Waals surface area contributed by atoms with E-state index in [0.29, 0.717) is 5.02 Å². The highest BCUT2D eigenvalue weighted by Gasteiger charge is 2.05. The summed E-state index contributed by atoms with van der Waals surface area (Å²) in [7, 11) is 0. The Kier molecular flexibility index (Phi) is 4.39. The number of hydrogen-bond acceptors (Lipinski definition) is 1. The van der Waals surface area contributed by atoms with E-state index < -0.39 is 5.91 Å². The fraction of sp³-hybridized carbons (Fsp3) is 0. The van der Waals surface area contributed by atoms with Crippen molar-refractivity contribution in [3.63, 3.8) is 0 Å². The van der Waals surface area contributed by atoms with Crippen molar-refractivity contribution in [2.45, 2.75) is 0 Å². The van der Waals surface area contributed by atoms with E-state index in [-0.39, 0.29) is 23.0 Å². The first-order valence-corrected chi connectivity index (χ1v) is 3.61. The van der Waals surface area contributed by atoms with Gasteiger partial charge in [0, 0.05) is 5.02 Å². The van der Waals surface area contributed by atoms with Crippen LogP contribution < -0.4 is 5.73 Å². The molecule has 0 bridgehead atoms. The van der Waals surface area contributed by atoms with Crippen molar-refractivity contribution in [3.8, 4) is 0 Å². The molecule has 5 heteroatoms. The molecule has 0 aliphatic rings. The summed E-state index contributed by atoms with van der Waals surface area (Å²) in [5, 5.41) is 0.769. The van der Waals surface area contributed by atoms with Gasteiger partial charge in [-0.2, -0.15) is 0 Å². The zero-order chi connectivity index (χ0) is 8.43. The molecule has 0 atom stereocenters. The highest BCUT2D eigenvalue weighted by molar-refractivity contribution is 6.36. The molecule has 0 saturated carbocycles. The Balaban J connectivity index is 0.00000121. The minimum atomic E-state index is -0.549. The van der Waals surface area contributed by atoms with Crippen molar-refractivity contribution in [1.29, 1.82) is 0 Å². The van der Waals surface area contributed by atoms with Gasteiger partial charge in [-0.15, -0.1) is 12.4 Å². The van der Waals surface area contributed by atoms with Crippen molar-refractivity contribution < 1.29 is 4.79 Å². The summed E-state index contributed by atoms with van der Waals surface area (Å²) < 4.78 is 0. The molecule has 0 aromatic heterocycles. The van der Waals surface area contributed by atoms with Gasteiger partial charge in [0.1, 0.15) is 0 Å². The minimum absolute atomic E-state index is 0. The quantitative estimate of drug-likeness (QED) is 0.785. The van der Waals surface area contributed by atoms with Crippen molar-refractivity contribution in [1.82, 2.24) is 0 Å². The van der Waals surface area contributed by atoms with Gasteiger partial charge in [0.15, 0.2) is 0 Å². The molecule has 2 nitrogen and oxygen atoms in total. The van der Waals surface area contributed by atoms with Gasteiger partial charge in [-0.05, 0) is 18.2 Å². The van der Waals surface area contributed by atoms with E-state index in [9.17, 15) is 4.79 Å². The second-order valence-corrected chi connectivity index (χ2v) is 2.83. The molecule has 66 valence electrons. The monoisotopic (exact) mass is 225 g/mol. The SMILES string of the molecule is Cl.NC(=O)c1ccc(Cl)cc1Cl. The van der Waals surface area contributed by atoms with Crippen LogP contribution in [0.4, 0.5) is 0 Å². The maximum Gasteiger partial charge on any atom is 0.250 e. The average Bonchev–Trinajstić information content (AvgIpc) is 1.85. The predicted molar refractivity (Wildman–Crippen MR) is 52.2 cm³/mol. The standard InChI is InChI=1S/C7H5Cl2NO.ClH/c8-4-1-2-5(7(10)11)6(9)3-4;/h1-3H,(H2,10,11);1H. The first-order chi connectivity index (χ1) is 5.11. The van der Waals surface area contributed by atoms with Gasteiger partial charge >= 0.3 is 0 Å². The second-order valence-electron chi connectivity index (χ2n) is 1.99. The van der Waals surface area contributed by atoms with Crippen LogP contribution in [-0.2, 0) is 0 Å². The van der Waals surface area contributed by atoms with Gasteiger partial charge in [0.05, 0.1) is 10.6 Å². The number of primary amides is 1. The molecule has 12 heavy (non-hydrogen) atoms. The van der Waals surface area contributed by atoms with E-state index in [1.807, 2.05) is 0 Å². The topological polar surface area (TPSA) is 43.1 Å². The maximum absolute atomic E-state index is 10.6. The van der Waals surface area contributed by atoms with Crippen LogP contribution in [0.15, 0.2) is 18.2 Å². The highest BCUT2D eigenvalue weighted by Crippen LogP contribution is 2.19.